The standard InChI is InChI=1S/C76H137NO3/c1-3-5-7-9-11-13-15-17-19-21-23-25-27-29-31-32-33-34-35-36-37-38-39-40-41-42-43-44-46-48-50-52-54-56-58-60-62-64-66-68-70-72-76(80)77-74(73-78)75(79)71-69-67-65-63-61-59-57-55-53-51-49-47-45-30-28-26-24-22-20-18-16-14-12-10-8-6-4-2/h5,7,11,13,17,19,23,25,29,31,53,55,61,63,69,71,74-75,78-79H,3-4,6,8-10,12,14-16,18,20-22,24,26-28,30,32-52,54,56-60,62,64-68,70,72-73H2,1-2H3,(H,77,80)/b7-5-,13-11-,19-17-,25-23-,31-29-,55-53+,63-61+,71-69+. The van der Waals surface area contributed by atoms with E-state index in [9.17, 15) is 15.0 Å². The van der Waals surface area contributed by atoms with Gasteiger partial charge in [-0.1, -0.05) is 361 Å². The van der Waals surface area contributed by atoms with Crippen molar-refractivity contribution in [3.05, 3.63) is 97.2 Å². The number of unbranched alkanes of at least 4 members (excludes halogenated alkanes) is 44. The van der Waals surface area contributed by atoms with Gasteiger partial charge >= 0.3 is 0 Å². The summed E-state index contributed by atoms with van der Waals surface area (Å²) in [7, 11) is 0. The second kappa shape index (κ2) is 70.6. The second-order valence-electron chi connectivity index (χ2n) is 23.9. The quantitative estimate of drug-likeness (QED) is 0.0420. The van der Waals surface area contributed by atoms with E-state index < -0.39 is 12.1 Å². The van der Waals surface area contributed by atoms with Gasteiger partial charge in [-0.25, -0.2) is 0 Å². The molecule has 1 amide bonds. The van der Waals surface area contributed by atoms with Gasteiger partial charge in [0, 0.05) is 6.42 Å². The smallest absolute Gasteiger partial charge is 0.220 e. The third kappa shape index (κ3) is 66.1. The van der Waals surface area contributed by atoms with Crippen LogP contribution in [0.25, 0.3) is 0 Å². The summed E-state index contributed by atoms with van der Waals surface area (Å²) in [5, 5.41) is 23.3. The zero-order chi connectivity index (χ0) is 57.6. The lowest BCUT2D eigenvalue weighted by molar-refractivity contribution is -0.123. The van der Waals surface area contributed by atoms with Crippen molar-refractivity contribution in [2.45, 2.75) is 373 Å². The van der Waals surface area contributed by atoms with E-state index >= 15 is 0 Å². The molecule has 0 rings (SSSR count). The van der Waals surface area contributed by atoms with E-state index in [2.05, 4.69) is 104 Å². The van der Waals surface area contributed by atoms with E-state index in [1.165, 1.54) is 270 Å². The molecule has 2 atom stereocenters. The topological polar surface area (TPSA) is 69.6 Å². The number of hydrogen-bond acceptors (Lipinski definition) is 3. The van der Waals surface area contributed by atoms with Crippen LogP contribution in [0.2, 0.25) is 0 Å². The average molecular weight is 1110 g/mol. The van der Waals surface area contributed by atoms with Crippen LogP contribution in [0.3, 0.4) is 0 Å². The van der Waals surface area contributed by atoms with Crippen LogP contribution in [0, 0.1) is 0 Å². The first-order chi connectivity index (χ1) is 39.7. The van der Waals surface area contributed by atoms with E-state index in [0.717, 1.165) is 70.6 Å². The molecule has 0 saturated heterocycles. The highest BCUT2D eigenvalue weighted by Gasteiger charge is 2.18. The third-order valence-electron chi connectivity index (χ3n) is 16.0. The van der Waals surface area contributed by atoms with Gasteiger partial charge in [0.05, 0.1) is 18.8 Å². The van der Waals surface area contributed by atoms with Crippen molar-refractivity contribution in [3.8, 4) is 0 Å². The predicted octanol–water partition coefficient (Wildman–Crippen LogP) is 24.4. The van der Waals surface area contributed by atoms with Crippen LogP contribution in [0.5, 0.6) is 0 Å². The predicted molar refractivity (Wildman–Crippen MR) is 359 cm³/mol. The Morgan fingerprint density at radius 1 is 0.312 bits per heavy atom. The molecule has 3 N–H and O–H groups in total. The molecule has 2 unspecified atom stereocenters. The highest BCUT2D eigenvalue weighted by atomic mass is 16.3. The summed E-state index contributed by atoms with van der Waals surface area (Å²) in [6.07, 6.45) is 105. The number of aliphatic hydroxyl groups excluding tert-OH is 2. The molecular formula is C76H137NO3. The number of nitrogens with one attached hydrogen (secondary N) is 1. The number of amides is 1. The van der Waals surface area contributed by atoms with Crippen LogP contribution < -0.4 is 5.32 Å². The fourth-order valence-corrected chi connectivity index (χ4v) is 10.7. The minimum atomic E-state index is -0.874. The van der Waals surface area contributed by atoms with E-state index in [-0.39, 0.29) is 12.5 Å². The molecule has 0 aromatic carbocycles. The second-order valence-corrected chi connectivity index (χ2v) is 23.9. The Labute approximate surface area is 500 Å². The van der Waals surface area contributed by atoms with E-state index in [0.29, 0.717) is 6.42 Å². The number of allylic oxidation sites excluding steroid dienone is 15. The monoisotopic (exact) mass is 1110 g/mol. The molecule has 0 saturated carbocycles. The molecule has 0 aliphatic carbocycles. The van der Waals surface area contributed by atoms with Crippen LogP contribution in [0.4, 0.5) is 0 Å². The average Bonchev–Trinajstić information content (AvgIpc) is 3.46. The van der Waals surface area contributed by atoms with Gasteiger partial charge in [-0.15, -0.1) is 0 Å². The molecule has 0 heterocycles. The first-order valence-corrected chi connectivity index (χ1v) is 35.5. The SMILES string of the molecule is CC/C=C\C/C=C\C/C=C\C/C=C\C/C=C\CCCCCCCCCCCCCCCCCCCCCCCCCCCC(=O)NC(CO)C(O)/C=C/CC/C=C/CC/C=C/CCCCCCCCCCCCCCCCCCC. The van der Waals surface area contributed by atoms with Crippen LogP contribution in [0.15, 0.2) is 97.2 Å². The maximum Gasteiger partial charge on any atom is 0.220 e. The van der Waals surface area contributed by atoms with Crippen molar-refractivity contribution in [2.75, 3.05) is 6.61 Å². The number of carbonyl (C=O) groups is 1. The Balaban J connectivity index is 3.47. The molecule has 0 aliphatic rings. The molecule has 0 radical (unpaired) electrons. The fraction of sp³-hybridized carbons (Fsp3) is 0.776. The first-order valence-electron chi connectivity index (χ1n) is 35.5. The Kier molecular flexibility index (Phi) is 68.2. The molecule has 0 aromatic rings. The molecule has 0 bridgehead atoms. The van der Waals surface area contributed by atoms with Gasteiger partial charge < -0.3 is 15.5 Å². The summed E-state index contributed by atoms with van der Waals surface area (Å²) in [5.74, 6) is -0.0732. The molecule has 0 aliphatic heterocycles. The lowest BCUT2D eigenvalue weighted by Gasteiger charge is -2.19. The fourth-order valence-electron chi connectivity index (χ4n) is 10.7. The minimum Gasteiger partial charge on any atom is -0.394 e. The summed E-state index contributed by atoms with van der Waals surface area (Å²) in [4.78, 5) is 12.5. The van der Waals surface area contributed by atoms with Crippen LogP contribution in [-0.2, 0) is 4.79 Å². The Morgan fingerprint density at radius 2 is 0.562 bits per heavy atom. The molecular weight excluding hydrogens is 975 g/mol. The number of aliphatic hydroxyl groups is 2. The van der Waals surface area contributed by atoms with Gasteiger partial charge in [0.15, 0.2) is 0 Å². The van der Waals surface area contributed by atoms with Gasteiger partial charge in [-0.2, -0.15) is 0 Å². The summed E-state index contributed by atoms with van der Waals surface area (Å²) < 4.78 is 0. The summed E-state index contributed by atoms with van der Waals surface area (Å²) in [5.41, 5.74) is 0. The molecule has 464 valence electrons. The van der Waals surface area contributed by atoms with Crippen LogP contribution in [0.1, 0.15) is 361 Å². The molecule has 80 heavy (non-hydrogen) atoms. The van der Waals surface area contributed by atoms with Crippen LogP contribution >= 0.6 is 0 Å². The van der Waals surface area contributed by atoms with Gasteiger partial charge in [0.1, 0.15) is 0 Å². The van der Waals surface area contributed by atoms with Crippen molar-refractivity contribution in [3.63, 3.8) is 0 Å². The molecule has 4 nitrogen and oxygen atoms in total. The zero-order valence-electron chi connectivity index (χ0n) is 53.6. The number of hydrogen-bond donors (Lipinski definition) is 3. The Bertz CT molecular complexity index is 1450. The summed E-state index contributed by atoms with van der Waals surface area (Å²) in [6.45, 7) is 4.21. The van der Waals surface area contributed by atoms with Crippen molar-refractivity contribution in [1.29, 1.82) is 0 Å². The van der Waals surface area contributed by atoms with Crippen molar-refractivity contribution in [2.24, 2.45) is 0 Å². The molecule has 0 aromatic heterocycles. The maximum atomic E-state index is 12.5. The largest absolute Gasteiger partial charge is 0.394 e. The number of rotatable bonds is 65. The lowest BCUT2D eigenvalue weighted by Crippen LogP contribution is -2.45. The molecule has 0 fully saturated rings. The highest BCUT2D eigenvalue weighted by molar-refractivity contribution is 5.76. The van der Waals surface area contributed by atoms with Crippen LogP contribution in [-0.4, -0.2) is 34.9 Å². The van der Waals surface area contributed by atoms with Gasteiger partial charge in [0.25, 0.3) is 0 Å². The molecule has 4 heteroatoms. The Hall–Kier alpha value is -2.69. The zero-order valence-corrected chi connectivity index (χ0v) is 53.6. The van der Waals surface area contributed by atoms with Gasteiger partial charge in [-0.3, -0.25) is 4.79 Å². The van der Waals surface area contributed by atoms with Gasteiger partial charge in [-0.05, 0) is 89.9 Å². The van der Waals surface area contributed by atoms with E-state index in [4.69, 9.17) is 0 Å². The normalized spacial score (nSPS) is 13.3. The first kappa shape index (κ1) is 77.3. The van der Waals surface area contributed by atoms with Crippen molar-refractivity contribution in [1.82, 2.24) is 5.32 Å². The third-order valence-corrected chi connectivity index (χ3v) is 16.0. The van der Waals surface area contributed by atoms with Crippen molar-refractivity contribution < 1.29 is 15.0 Å². The van der Waals surface area contributed by atoms with Crippen molar-refractivity contribution >= 4 is 5.91 Å². The minimum absolute atomic E-state index is 0.0732. The van der Waals surface area contributed by atoms with E-state index in [1.54, 1.807) is 6.08 Å². The summed E-state index contributed by atoms with van der Waals surface area (Å²) >= 11 is 0. The lowest BCUT2D eigenvalue weighted by atomic mass is 10.0. The van der Waals surface area contributed by atoms with E-state index in [1.807, 2.05) is 6.08 Å². The number of carbonyl (C=O) groups excluding carboxylic acids is 1. The molecule has 0 spiro atoms. The highest BCUT2D eigenvalue weighted by Crippen LogP contribution is 2.18. The summed E-state index contributed by atoms with van der Waals surface area (Å²) in [6, 6.07) is -0.649. The maximum absolute atomic E-state index is 12.5. The van der Waals surface area contributed by atoms with Gasteiger partial charge in [0.2, 0.25) is 5.91 Å². The Morgan fingerprint density at radius 3 is 0.875 bits per heavy atom.